The van der Waals surface area contributed by atoms with E-state index in [1.807, 2.05) is 28.1 Å². The lowest BCUT2D eigenvalue weighted by molar-refractivity contribution is -0.869. The summed E-state index contributed by atoms with van der Waals surface area (Å²) in [5.74, 6) is -0.504. The standard InChI is InChI=1S/C31H60N3O5/c1-7-9-10-11-12-13-14-15-16-17-18-19-20-21-22-28(39-27(3)35)26-38-30(8-2)33-25-29(36)32(31(33)37)23-24-34(4,5)6/h28,30H,7-26H2,1-6H3/q+1. The van der Waals surface area contributed by atoms with Crippen molar-refractivity contribution in [2.24, 2.45) is 0 Å². The predicted octanol–water partition coefficient (Wildman–Crippen LogP) is 6.51. The van der Waals surface area contributed by atoms with Crippen LogP contribution >= 0.6 is 0 Å². The number of rotatable bonds is 24. The zero-order chi connectivity index (χ0) is 29.1. The summed E-state index contributed by atoms with van der Waals surface area (Å²) < 4.78 is 12.3. The van der Waals surface area contributed by atoms with Gasteiger partial charge in [-0.2, -0.15) is 0 Å². The minimum absolute atomic E-state index is 0.0334. The highest BCUT2D eigenvalue weighted by atomic mass is 16.6. The van der Waals surface area contributed by atoms with Gasteiger partial charge in [0.2, 0.25) is 0 Å². The lowest BCUT2D eigenvalue weighted by Crippen LogP contribution is -2.46. The van der Waals surface area contributed by atoms with Gasteiger partial charge in [0.15, 0.2) is 0 Å². The second-order valence-corrected chi connectivity index (χ2v) is 12.3. The molecule has 0 radical (unpaired) electrons. The van der Waals surface area contributed by atoms with E-state index in [4.69, 9.17) is 9.47 Å². The fraction of sp³-hybridized carbons (Fsp3) is 0.903. The molecule has 3 amide bonds. The molecule has 0 aromatic carbocycles. The van der Waals surface area contributed by atoms with Crippen LogP contribution in [0.25, 0.3) is 0 Å². The highest BCUT2D eigenvalue weighted by Crippen LogP contribution is 2.19. The number of nitrogens with zero attached hydrogens (tertiary/aromatic N) is 3. The number of quaternary nitrogens is 1. The third-order valence-electron chi connectivity index (χ3n) is 7.46. The molecule has 0 N–H and O–H groups in total. The Morgan fingerprint density at radius 2 is 1.36 bits per heavy atom. The quantitative estimate of drug-likeness (QED) is 0.0588. The predicted molar refractivity (Wildman–Crippen MR) is 157 cm³/mol. The van der Waals surface area contributed by atoms with Crippen molar-refractivity contribution >= 4 is 17.9 Å². The van der Waals surface area contributed by atoms with Gasteiger partial charge < -0.3 is 14.0 Å². The fourth-order valence-electron chi connectivity index (χ4n) is 5.03. The smallest absolute Gasteiger partial charge is 0.329 e. The Labute approximate surface area is 239 Å². The van der Waals surface area contributed by atoms with Gasteiger partial charge in [0.1, 0.15) is 18.9 Å². The van der Waals surface area contributed by atoms with Crippen LogP contribution in [0.5, 0.6) is 0 Å². The third kappa shape index (κ3) is 16.3. The Kier molecular flexibility index (Phi) is 18.4. The average molecular weight is 555 g/mol. The molecule has 0 aromatic heterocycles. The van der Waals surface area contributed by atoms with Gasteiger partial charge in [-0.3, -0.25) is 19.4 Å². The summed E-state index contributed by atoms with van der Waals surface area (Å²) in [6.45, 7) is 6.97. The molecule has 1 saturated heterocycles. The van der Waals surface area contributed by atoms with Crippen LogP contribution in [0.2, 0.25) is 0 Å². The lowest BCUT2D eigenvalue weighted by Gasteiger charge is -2.29. The van der Waals surface area contributed by atoms with Crippen molar-refractivity contribution in [3.05, 3.63) is 0 Å². The van der Waals surface area contributed by atoms with Gasteiger partial charge in [-0.1, -0.05) is 97.3 Å². The van der Waals surface area contributed by atoms with Crippen molar-refractivity contribution in [2.45, 2.75) is 136 Å². The first-order chi connectivity index (χ1) is 18.6. The van der Waals surface area contributed by atoms with Gasteiger partial charge in [-0.15, -0.1) is 0 Å². The molecular formula is C31H60N3O5+. The largest absolute Gasteiger partial charge is 0.460 e. The zero-order valence-electron chi connectivity index (χ0n) is 26.2. The van der Waals surface area contributed by atoms with Crippen molar-refractivity contribution in [1.82, 2.24) is 9.80 Å². The number of hydrogen-bond acceptors (Lipinski definition) is 5. The minimum Gasteiger partial charge on any atom is -0.460 e. The van der Waals surface area contributed by atoms with E-state index in [2.05, 4.69) is 6.92 Å². The summed E-state index contributed by atoms with van der Waals surface area (Å²) in [6, 6.07) is -0.295. The fourth-order valence-corrected chi connectivity index (χ4v) is 5.03. The van der Waals surface area contributed by atoms with Gasteiger partial charge >= 0.3 is 12.0 Å². The first-order valence-electron chi connectivity index (χ1n) is 15.8. The Morgan fingerprint density at radius 3 is 1.82 bits per heavy atom. The van der Waals surface area contributed by atoms with Crippen LogP contribution < -0.4 is 0 Å². The summed E-state index contributed by atoms with van der Waals surface area (Å²) in [7, 11) is 6.11. The number of amides is 3. The minimum atomic E-state index is -0.509. The summed E-state index contributed by atoms with van der Waals surface area (Å²) in [5.41, 5.74) is 0. The molecule has 1 rings (SSSR count). The van der Waals surface area contributed by atoms with Crippen molar-refractivity contribution in [2.75, 3.05) is 47.4 Å². The van der Waals surface area contributed by atoms with E-state index in [9.17, 15) is 14.4 Å². The van der Waals surface area contributed by atoms with Gasteiger partial charge in [-0.05, 0) is 19.3 Å². The molecule has 228 valence electrons. The first kappa shape index (κ1) is 35.4. The van der Waals surface area contributed by atoms with E-state index >= 15 is 0 Å². The highest BCUT2D eigenvalue weighted by Gasteiger charge is 2.40. The highest BCUT2D eigenvalue weighted by molar-refractivity contribution is 6.02. The number of esters is 1. The van der Waals surface area contributed by atoms with E-state index in [1.54, 1.807) is 0 Å². The van der Waals surface area contributed by atoms with Gasteiger partial charge in [-0.25, -0.2) is 4.79 Å². The van der Waals surface area contributed by atoms with Crippen molar-refractivity contribution in [3.8, 4) is 0 Å². The van der Waals surface area contributed by atoms with Crippen LogP contribution in [0, 0.1) is 0 Å². The molecule has 1 aliphatic rings. The normalized spacial score (nSPS) is 15.7. The van der Waals surface area contributed by atoms with Crippen LogP contribution in [0.3, 0.4) is 0 Å². The van der Waals surface area contributed by atoms with Crippen LogP contribution in [-0.4, -0.2) is 91.9 Å². The molecule has 8 nitrogen and oxygen atoms in total. The second-order valence-electron chi connectivity index (χ2n) is 12.3. The Morgan fingerprint density at radius 1 is 0.846 bits per heavy atom. The number of ether oxygens (including phenoxy) is 2. The van der Waals surface area contributed by atoms with E-state index in [0.717, 1.165) is 19.3 Å². The number of carbonyl (C=O) groups is 3. The van der Waals surface area contributed by atoms with Crippen LogP contribution in [0.4, 0.5) is 4.79 Å². The summed E-state index contributed by atoms with van der Waals surface area (Å²) in [4.78, 5) is 39.9. The van der Waals surface area contributed by atoms with Gasteiger partial charge in [0.25, 0.3) is 5.91 Å². The number of unbranched alkanes of at least 4 members (excludes halogenated alkanes) is 13. The summed E-state index contributed by atoms with van der Waals surface area (Å²) >= 11 is 0. The molecule has 1 aliphatic heterocycles. The maximum atomic E-state index is 12.9. The molecule has 0 aromatic rings. The van der Waals surface area contributed by atoms with E-state index in [-0.39, 0.29) is 37.2 Å². The van der Waals surface area contributed by atoms with Crippen molar-refractivity contribution in [1.29, 1.82) is 0 Å². The van der Waals surface area contributed by atoms with Crippen molar-refractivity contribution in [3.63, 3.8) is 0 Å². The lowest BCUT2D eigenvalue weighted by atomic mass is 10.0. The monoisotopic (exact) mass is 554 g/mol. The Balaban J connectivity index is 2.30. The molecule has 0 bridgehead atoms. The van der Waals surface area contributed by atoms with Crippen LogP contribution in [0.15, 0.2) is 0 Å². The number of carbonyl (C=O) groups excluding carboxylic acids is 3. The molecule has 8 heteroatoms. The van der Waals surface area contributed by atoms with Gasteiger partial charge in [0.05, 0.1) is 40.8 Å². The van der Waals surface area contributed by atoms with E-state index < -0.39 is 6.23 Å². The molecule has 39 heavy (non-hydrogen) atoms. The SMILES string of the molecule is CCCCCCCCCCCCCCCCC(COC(CC)N1CC(=O)N(CC[N+](C)(C)C)C1=O)OC(C)=O. The molecule has 0 aliphatic carbocycles. The molecule has 2 unspecified atom stereocenters. The zero-order valence-corrected chi connectivity index (χ0v) is 26.2. The average Bonchev–Trinajstić information content (AvgIpc) is 3.15. The molecule has 0 saturated carbocycles. The van der Waals surface area contributed by atoms with E-state index in [1.165, 1.54) is 93.8 Å². The maximum absolute atomic E-state index is 12.9. The molecule has 1 fully saturated rings. The Bertz CT molecular complexity index is 694. The number of hydrogen-bond donors (Lipinski definition) is 0. The van der Waals surface area contributed by atoms with E-state index in [0.29, 0.717) is 24.0 Å². The topological polar surface area (TPSA) is 76.2 Å². The van der Waals surface area contributed by atoms with Crippen LogP contribution in [-0.2, 0) is 19.1 Å². The molecule has 0 spiro atoms. The first-order valence-corrected chi connectivity index (χ1v) is 15.8. The summed E-state index contributed by atoms with van der Waals surface area (Å²) in [5, 5.41) is 0. The van der Waals surface area contributed by atoms with Crippen molar-refractivity contribution < 1.29 is 28.3 Å². The number of urea groups is 1. The number of imide groups is 1. The summed E-state index contributed by atoms with van der Waals surface area (Å²) in [6.07, 6.45) is 18.7. The Hall–Kier alpha value is -1.67. The third-order valence-corrected chi connectivity index (χ3v) is 7.46. The van der Waals surface area contributed by atoms with Crippen LogP contribution in [0.1, 0.15) is 124 Å². The second kappa shape index (κ2) is 20.2. The molecule has 1 heterocycles. The maximum Gasteiger partial charge on any atom is 0.329 e. The number of likely N-dealkylation sites (N-methyl/N-ethyl adjacent to an activating group) is 1. The van der Waals surface area contributed by atoms with Gasteiger partial charge in [0, 0.05) is 6.92 Å². The molecule has 2 atom stereocenters. The molecular weight excluding hydrogens is 494 g/mol.